The summed E-state index contributed by atoms with van der Waals surface area (Å²) in [5, 5.41) is 12.8. The van der Waals surface area contributed by atoms with Gasteiger partial charge in [0.15, 0.2) is 12.4 Å². The summed E-state index contributed by atoms with van der Waals surface area (Å²) in [5.74, 6) is -1.06. The molecule has 0 amide bonds. The highest BCUT2D eigenvalue weighted by atomic mass is 19.1. The second-order valence-electron chi connectivity index (χ2n) is 5.61. The molecule has 0 aliphatic heterocycles. The van der Waals surface area contributed by atoms with Crippen LogP contribution in [0.15, 0.2) is 42.5 Å². The molecule has 8 nitrogen and oxygen atoms in total. The molecule has 0 bridgehead atoms. The minimum atomic E-state index is -0.719. The number of hydrogen-bond acceptors (Lipinski definition) is 8. The number of esters is 1. The van der Waals surface area contributed by atoms with Crippen molar-refractivity contribution in [2.45, 2.75) is 13.5 Å². The summed E-state index contributed by atoms with van der Waals surface area (Å²) in [6, 6.07) is 10.3. The summed E-state index contributed by atoms with van der Waals surface area (Å²) >= 11 is 0. The molecule has 1 aromatic heterocycles. The number of nitrogens with two attached hydrogens (primary N) is 1. The topological polar surface area (TPSA) is 123 Å². The van der Waals surface area contributed by atoms with Gasteiger partial charge in [-0.3, -0.25) is 0 Å². The molecular formula is C18H16FN5O3. The fourth-order valence-corrected chi connectivity index (χ4v) is 2.25. The van der Waals surface area contributed by atoms with Gasteiger partial charge < -0.3 is 20.9 Å². The van der Waals surface area contributed by atoms with Gasteiger partial charge in [-0.1, -0.05) is 12.1 Å². The van der Waals surface area contributed by atoms with Crippen molar-refractivity contribution in [2.75, 3.05) is 11.1 Å². The van der Waals surface area contributed by atoms with Crippen molar-refractivity contribution in [1.29, 1.82) is 0 Å². The number of phenols is 1. The third kappa shape index (κ3) is 4.46. The zero-order valence-corrected chi connectivity index (χ0v) is 14.3. The number of rotatable bonds is 5. The fraction of sp³-hybridized carbons (Fsp3) is 0.111. The lowest BCUT2D eigenvalue weighted by atomic mass is 10.1. The van der Waals surface area contributed by atoms with E-state index in [2.05, 4.69) is 20.3 Å². The molecule has 27 heavy (non-hydrogen) atoms. The molecule has 0 aliphatic carbocycles. The highest BCUT2D eigenvalue weighted by molar-refractivity contribution is 5.92. The number of aromatic nitrogens is 3. The van der Waals surface area contributed by atoms with Crippen LogP contribution in [0.4, 0.5) is 22.0 Å². The lowest BCUT2D eigenvalue weighted by molar-refractivity contribution is 0.0458. The van der Waals surface area contributed by atoms with E-state index in [1.54, 1.807) is 19.1 Å². The smallest absolute Gasteiger partial charge is 0.342 e. The summed E-state index contributed by atoms with van der Waals surface area (Å²) in [6.45, 7) is 1.41. The van der Waals surface area contributed by atoms with Gasteiger partial charge in [-0.05, 0) is 42.8 Å². The summed E-state index contributed by atoms with van der Waals surface area (Å²) in [7, 11) is 0. The first-order valence-corrected chi connectivity index (χ1v) is 7.91. The first-order chi connectivity index (χ1) is 12.9. The monoisotopic (exact) mass is 369 g/mol. The molecule has 138 valence electrons. The molecule has 0 spiro atoms. The van der Waals surface area contributed by atoms with Gasteiger partial charge in [0.25, 0.3) is 0 Å². The molecule has 0 saturated heterocycles. The van der Waals surface area contributed by atoms with Crippen LogP contribution in [0.1, 0.15) is 21.7 Å². The summed E-state index contributed by atoms with van der Waals surface area (Å²) < 4.78 is 18.1. The van der Waals surface area contributed by atoms with Crippen molar-refractivity contribution in [1.82, 2.24) is 15.0 Å². The summed E-state index contributed by atoms with van der Waals surface area (Å²) in [4.78, 5) is 24.1. The Hall–Kier alpha value is -3.75. The standard InChI is InChI=1S/C18H16FN5O3/c1-10-3-2-4-13(15(10)25)16(26)27-9-14-22-17(20)24-18(23-14)21-12-7-5-11(19)6-8-12/h2-8,25H,9H2,1H3,(H3,20,21,22,23,24). The molecule has 0 saturated carbocycles. The van der Waals surface area contributed by atoms with Crippen LogP contribution in [0, 0.1) is 12.7 Å². The van der Waals surface area contributed by atoms with Crippen LogP contribution in [0.2, 0.25) is 0 Å². The molecule has 0 atom stereocenters. The highest BCUT2D eigenvalue weighted by Crippen LogP contribution is 2.22. The number of hydrogen-bond donors (Lipinski definition) is 3. The zero-order valence-electron chi connectivity index (χ0n) is 14.3. The average Bonchev–Trinajstić information content (AvgIpc) is 2.63. The Morgan fingerprint density at radius 2 is 1.93 bits per heavy atom. The lowest BCUT2D eigenvalue weighted by Crippen LogP contribution is -2.11. The predicted octanol–water partition coefficient (Wildman–Crippen LogP) is 2.71. The number of carbonyl (C=O) groups excluding carboxylic acids is 1. The van der Waals surface area contributed by atoms with E-state index in [-0.39, 0.29) is 41.5 Å². The minimum Gasteiger partial charge on any atom is -0.507 e. The highest BCUT2D eigenvalue weighted by Gasteiger charge is 2.15. The molecule has 0 aliphatic rings. The number of nitrogens with one attached hydrogen (secondary N) is 1. The number of phenolic OH excluding ortho intramolecular Hbond substituents is 1. The van der Waals surface area contributed by atoms with Crippen molar-refractivity contribution >= 4 is 23.6 Å². The Kier molecular flexibility index (Phi) is 5.11. The third-order valence-corrected chi connectivity index (χ3v) is 3.59. The van der Waals surface area contributed by atoms with Crippen LogP contribution < -0.4 is 11.1 Å². The number of nitrogens with zero attached hydrogens (tertiary/aromatic N) is 3. The van der Waals surface area contributed by atoms with E-state index in [1.807, 2.05) is 0 Å². The predicted molar refractivity (Wildman–Crippen MR) is 95.9 cm³/mol. The van der Waals surface area contributed by atoms with E-state index in [0.717, 1.165) is 0 Å². The lowest BCUT2D eigenvalue weighted by Gasteiger charge is -2.09. The second-order valence-corrected chi connectivity index (χ2v) is 5.61. The van der Waals surface area contributed by atoms with Crippen molar-refractivity contribution in [3.8, 4) is 5.75 Å². The molecule has 3 rings (SSSR count). The molecule has 3 aromatic rings. The van der Waals surface area contributed by atoms with Gasteiger partial charge in [0.05, 0.1) is 0 Å². The van der Waals surface area contributed by atoms with Gasteiger partial charge >= 0.3 is 5.97 Å². The quantitative estimate of drug-likeness (QED) is 0.587. The molecular weight excluding hydrogens is 353 g/mol. The van der Waals surface area contributed by atoms with Gasteiger partial charge in [-0.15, -0.1) is 0 Å². The number of nitrogen functional groups attached to an aromatic ring is 1. The van der Waals surface area contributed by atoms with Crippen LogP contribution in [-0.2, 0) is 11.3 Å². The van der Waals surface area contributed by atoms with Crippen LogP contribution in [0.25, 0.3) is 0 Å². The van der Waals surface area contributed by atoms with Gasteiger partial charge in [0.2, 0.25) is 11.9 Å². The van der Waals surface area contributed by atoms with Crippen molar-refractivity contribution in [2.24, 2.45) is 0 Å². The molecule has 0 fully saturated rings. The van der Waals surface area contributed by atoms with Crippen LogP contribution in [0.5, 0.6) is 5.75 Å². The largest absolute Gasteiger partial charge is 0.507 e. The SMILES string of the molecule is Cc1cccc(C(=O)OCc2nc(N)nc(Nc3ccc(F)cc3)n2)c1O. The van der Waals surface area contributed by atoms with Crippen LogP contribution in [0.3, 0.4) is 0 Å². The maximum atomic E-state index is 13.0. The number of benzene rings is 2. The maximum Gasteiger partial charge on any atom is 0.342 e. The molecule has 4 N–H and O–H groups in total. The van der Waals surface area contributed by atoms with E-state index in [0.29, 0.717) is 11.3 Å². The third-order valence-electron chi connectivity index (χ3n) is 3.59. The second kappa shape index (κ2) is 7.65. The first kappa shape index (κ1) is 18.1. The molecule has 0 radical (unpaired) electrons. The average molecular weight is 369 g/mol. The van der Waals surface area contributed by atoms with Crippen LogP contribution >= 0.6 is 0 Å². The minimum absolute atomic E-state index is 0.0432. The molecule has 0 unspecified atom stereocenters. The number of ether oxygens (including phenoxy) is 1. The van der Waals surface area contributed by atoms with Crippen molar-refractivity contribution < 1.29 is 19.0 Å². The Morgan fingerprint density at radius 3 is 2.67 bits per heavy atom. The Bertz CT molecular complexity index is 979. The fourth-order valence-electron chi connectivity index (χ4n) is 2.25. The first-order valence-electron chi connectivity index (χ1n) is 7.91. The molecule has 2 aromatic carbocycles. The number of carbonyl (C=O) groups is 1. The molecule has 9 heteroatoms. The summed E-state index contributed by atoms with van der Waals surface area (Å²) in [5.41, 5.74) is 6.80. The Balaban J connectivity index is 1.71. The number of aryl methyl sites for hydroxylation is 1. The Morgan fingerprint density at radius 1 is 1.19 bits per heavy atom. The normalized spacial score (nSPS) is 10.4. The van der Waals surface area contributed by atoms with Crippen molar-refractivity contribution in [3.63, 3.8) is 0 Å². The summed E-state index contributed by atoms with van der Waals surface area (Å²) in [6.07, 6.45) is 0. The number of aromatic hydroxyl groups is 1. The van der Waals surface area contributed by atoms with Gasteiger partial charge in [-0.2, -0.15) is 15.0 Å². The van der Waals surface area contributed by atoms with E-state index in [4.69, 9.17) is 10.5 Å². The number of anilines is 3. The van der Waals surface area contributed by atoms with Gasteiger partial charge in [0, 0.05) is 5.69 Å². The van der Waals surface area contributed by atoms with E-state index in [1.165, 1.54) is 30.3 Å². The van der Waals surface area contributed by atoms with Crippen molar-refractivity contribution in [3.05, 3.63) is 65.2 Å². The number of halogens is 1. The van der Waals surface area contributed by atoms with Crippen LogP contribution in [-0.4, -0.2) is 26.0 Å². The molecule has 1 heterocycles. The van der Waals surface area contributed by atoms with E-state index >= 15 is 0 Å². The van der Waals surface area contributed by atoms with E-state index in [9.17, 15) is 14.3 Å². The Labute approximate surface area is 153 Å². The van der Waals surface area contributed by atoms with Gasteiger partial charge in [-0.25, -0.2) is 9.18 Å². The zero-order chi connectivity index (χ0) is 19.4. The van der Waals surface area contributed by atoms with E-state index < -0.39 is 5.97 Å². The maximum absolute atomic E-state index is 13.0. The number of para-hydroxylation sites is 1. The van der Waals surface area contributed by atoms with Gasteiger partial charge in [0.1, 0.15) is 17.1 Å².